The minimum Gasteiger partial charge on any atom is -0.388 e. The third-order valence-electron chi connectivity index (χ3n) is 3.69. The van der Waals surface area contributed by atoms with E-state index in [1.807, 2.05) is 18.2 Å². The van der Waals surface area contributed by atoms with Gasteiger partial charge in [-0.05, 0) is 47.6 Å². The first-order valence-electron chi connectivity index (χ1n) is 6.75. The molecule has 0 spiro atoms. The highest BCUT2D eigenvalue weighted by Gasteiger charge is 2.27. The van der Waals surface area contributed by atoms with Crippen LogP contribution in [0.15, 0.2) is 53.0 Å². The highest BCUT2D eigenvalue weighted by Crippen LogP contribution is 2.43. The molecule has 0 bridgehead atoms. The van der Waals surface area contributed by atoms with Crippen molar-refractivity contribution in [1.82, 2.24) is 0 Å². The first-order valence-corrected chi connectivity index (χ1v) is 7.54. The molecular formula is C17H17BrO. The molecule has 98 valence electrons. The van der Waals surface area contributed by atoms with Gasteiger partial charge in [-0.2, -0.15) is 0 Å². The summed E-state index contributed by atoms with van der Waals surface area (Å²) in [6, 6.07) is 16.5. The molecule has 1 saturated carbocycles. The van der Waals surface area contributed by atoms with Gasteiger partial charge in [0.25, 0.3) is 0 Å². The molecular weight excluding hydrogens is 300 g/mol. The van der Waals surface area contributed by atoms with Crippen molar-refractivity contribution in [3.05, 3.63) is 69.7 Å². The molecule has 0 amide bonds. The summed E-state index contributed by atoms with van der Waals surface area (Å²) in [4.78, 5) is 0. The van der Waals surface area contributed by atoms with Crippen molar-refractivity contribution in [2.24, 2.45) is 0 Å². The summed E-state index contributed by atoms with van der Waals surface area (Å²) in [5.41, 5.74) is 3.60. The second kappa shape index (κ2) is 5.48. The van der Waals surface area contributed by atoms with Crippen molar-refractivity contribution < 1.29 is 5.11 Å². The first-order chi connectivity index (χ1) is 9.24. The SMILES string of the molecule is OC(Cc1cccc(Br)c1)c1ccccc1C1CC1. The molecule has 1 aliphatic rings. The molecule has 1 nitrogen and oxygen atoms in total. The van der Waals surface area contributed by atoms with E-state index in [1.165, 1.54) is 18.4 Å². The fourth-order valence-corrected chi connectivity index (χ4v) is 3.02. The van der Waals surface area contributed by atoms with E-state index in [-0.39, 0.29) is 0 Å². The van der Waals surface area contributed by atoms with Crippen molar-refractivity contribution in [2.45, 2.75) is 31.3 Å². The van der Waals surface area contributed by atoms with Gasteiger partial charge in [-0.25, -0.2) is 0 Å². The van der Waals surface area contributed by atoms with Crippen LogP contribution in [0.3, 0.4) is 0 Å². The van der Waals surface area contributed by atoms with Gasteiger partial charge >= 0.3 is 0 Å². The Morgan fingerprint density at radius 1 is 1.11 bits per heavy atom. The Morgan fingerprint density at radius 3 is 2.63 bits per heavy atom. The fraction of sp³-hybridized carbons (Fsp3) is 0.294. The summed E-state index contributed by atoms with van der Waals surface area (Å²) in [6.45, 7) is 0. The van der Waals surface area contributed by atoms with Crippen LogP contribution in [0.2, 0.25) is 0 Å². The molecule has 0 radical (unpaired) electrons. The Morgan fingerprint density at radius 2 is 1.89 bits per heavy atom. The van der Waals surface area contributed by atoms with Gasteiger partial charge in [0.05, 0.1) is 6.10 Å². The zero-order chi connectivity index (χ0) is 13.2. The molecule has 1 aliphatic carbocycles. The van der Waals surface area contributed by atoms with Gasteiger partial charge in [-0.1, -0.05) is 52.3 Å². The second-order valence-electron chi connectivity index (χ2n) is 5.25. The Labute approximate surface area is 122 Å². The number of aliphatic hydroxyl groups excluding tert-OH is 1. The molecule has 2 heteroatoms. The summed E-state index contributed by atoms with van der Waals surface area (Å²) >= 11 is 3.47. The average Bonchev–Trinajstić information content (AvgIpc) is 3.23. The molecule has 1 atom stereocenters. The molecule has 0 aromatic heterocycles. The van der Waals surface area contributed by atoms with E-state index in [2.05, 4.69) is 46.3 Å². The lowest BCUT2D eigenvalue weighted by Crippen LogP contribution is -2.05. The monoisotopic (exact) mass is 316 g/mol. The molecule has 2 aromatic carbocycles. The first kappa shape index (κ1) is 12.9. The maximum absolute atomic E-state index is 10.5. The Hall–Kier alpha value is -1.12. The fourth-order valence-electron chi connectivity index (χ4n) is 2.58. The van der Waals surface area contributed by atoms with E-state index >= 15 is 0 Å². The molecule has 3 rings (SSSR count). The summed E-state index contributed by atoms with van der Waals surface area (Å²) in [5, 5.41) is 10.5. The van der Waals surface area contributed by atoms with Crippen LogP contribution in [0.4, 0.5) is 0 Å². The van der Waals surface area contributed by atoms with Gasteiger partial charge in [0, 0.05) is 10.9 Å². The third-order valence-corrected chi connectivity index (χ3v) is 4.18. The van der Waals surface area contributed by atoms with Crippen LogP contribution in [-0.2, 0) is 6.42 Å². The minimum absolute atomic E-state index is 0.411. The van der Waals surface area contributed by atoms with Crippen molar-refractivity contribution in [3.63, 3.8) is 0 Å². The molecule has 0 aliphatic heterocycles. The summed E-state index contributed by atoms with van der Waals surface area (Å²) in [6.07, 6.45) is 2.79. The van der Waals surface area contributed by atoms with Crippen LogP contribution in [0, 0.1) is 0 Å². The molecule has 19 heavy (non-hydrogen) atoms. The van der Waals surface area contributed by atoms with Crippen LogP contribution in [0.25, 0.3) is 0 Å². The van der Waals surface area contributed by atoms with Crippen LogP contribution < -0.4 is 0 Å². The third kappa shape index (κ3) is 3.07. The molecule has 1 unspecified atom stereocenters. The van der Waals surface area contributed by atoms with E-state index in [0.717, 1.165) is 15.6 Å². The van der Waals surface area contributed by atoms with Gasteiger partial charge in [-0.15, -0.1) is 0 Å². The number of rotatable bonds is 4. The number of benzene rings is 2. The van der Waals surface area contributed by atoms with E-state index < -0.39 is 6.10 Å². The van der Waals surface area contributed by atoms with Crippen LogP contribution in [0.1, 0.15) is 41.6 Å². The van der Waals surface area contributed by atoms with E-state index in [4.69, 9.17) is 0 Å². The van der Waals surface area contributed by atoms with Gasteiger partial charge in [0.15, 0.2) is 0 Å². The molecule has 2 aromatic rings. The van der Waals surface area contributed by atoms with Crippen LogP contribution in [-0.4, -0.2) is 5.11 Å². The lowest BCUT2D eigenvalue weighted by Gasteiger charge is -2.15. The van der Waals surface area contributed by atoms with Gasteiger partial charge in [0.1, 0.15) is 0 Å². The van der Waals surface area contributed by atoms with E-state index in [1.54, 1.807) is 0 Å². The van der Waals surface area contributed by atoms with Crippen molar-refractivity contribution in [2.75, 3.05) is 0 Å². The molecule has 1 N–H and O–H groups in total. The van der Waals surface area contributed by atoms with Crippen molar-refractivity contribution >= 4 is 15.9 Å². The number of hydrogen-bond donors (Lipinski definition) is 1. The van der Waals surface area contributed by atoms with E-state index in [9.17, 15) is 5.11 Å². The Balaban J connectivity index is 1.82. The van der Waals surface area contributed by atoms with Crippen molar-refractivity contribution in [1.29, 1.82) is 0 Å². The highest BCUT2D eigenvalue weighted by atomic mass is 79.9. The predicted octanol–water partition coefficient (Wildman–Crippen LogP) is 4.60. The molecule has 1 fully saturated rings. The summed E-state index contributed by atoms with van der Waals surface area (Å²) in [5.74, 6) is 0.674. The number of aliphatic hydroxyl groups is 1. The number of hydrogen-bond acceptors (Lipinski definition) is 1. The maximum Gasteiger partial charge on any atom is 0.0833 e. The zero-order valence-electron chi connectivity index (χ0n) is 10.7. The zero-order valence-corrected chi connectivity index (χ0v) is 12.3. The summed E-state index contributed by atoms with van der Waals surface area (Å²) < 4.78 is 1.06. The lowest BCUT2D eigenvalue weighted by atomic mass is 9.95. The predicted molar refractivity (Wildman–Crippen MR) is 81.2 cm³/mol. The van der Waals surface area contributed by atoms with Gasteiger partial charge in [0.2, 0.25) is 0 Å². The Bertz CT molecular complexity index is 575. The summed E-state index contributed by atoms with van der Waals surface area (Å²) in [7, 11) is 0. The Kier molecular flexibility index (Phi) is 3.72. The van der Waals surface area contributed by atoms with Crippen LogP contribution in [0.5, 0.6) is 0 Å². The highest BCUT2D eigenvalue weighted by molar-refractivity contribution is 9.10. The molecule has 0 saturated heterocycles. The van der Waals surface area contributed by atoms with Gasteiger partial charge < -0.3 is 5.11 Å². The molecule has 0 heterocycles. The lowest BCUT2D eigenvalue weighted by molar-refractivity contribution is 0.177. The largest absolute Gasteiger partial charge is 0.388 e. The topological polar surface area (TPSA) is 20.2 Å². The standard InChI is InChI=1S/C17H17BrO/c18-14-5-3-4-12(10-14)11-17(19)16-7-2-1-6-15(16)13-8-9-13/h1-7,10,13,17,19H,8-9,11H2. The second-order valence-corrected chi connectivity index (χ2v) is 6.17. The smallest absolute Gasteiger partial charge is 0.0833 e. The van der Waals surface area contributed by atoms with Gasteiger partial charge in [-0.3, -0.25) is 0 Å². The average molecular weight is 317 g/mol. The van der Waals surface area contributed by atoms with E-state index in [0.29, 0.717) is 12.3 Å². The minimum atomic E-state index is -0.411. The number of halogens is 1. The quantitative estimate of drug-likeness (QED) is 0.873. The van der Waals surface area contributed by atoms with Crippen LogP contribution >= 0.6 is 15.9 Å². The van der Waals surface area contributed by atoms with Crippen molar-refractivity contribution in [3.8, 4) is 0 Å². The maximum atomic E-state index is 10.5. The normalized spacial score (nSPS) is 16.3.